The van der Waals surface area contributed by atoms with E-state index in [1.807, 2.05) is 0 Å². The van der Waals surface area contributed by atoms with Crippen molar-refractivity contribution in [3.05, 3.63) is 241 Å². The lowest BCUT2D eigenvalue weighted by Gasteiger charge is -2.33. The van der Waals surface area contributed by atoms with E-state index in [-0.39, 0.29) is 0 Å². The lowest BCUT2D eigenvalue weighted by Crippen LogP contribution is -2.26. The molecule has 1 atom stereocenters. The molecule has 1 unspecified atom stereocenters. The predicted molar refractivity (Wildman–Crippen MR) is 246 cm³/mol. The summed E-state index contributed by atoms with van der Waals surface area (Å²) >= 11 is 0. The lowest BCUT2D eigenvalue weighted by molar-refractivity contribution is 0.793. The van der Waals surface area contributed by atoms with Crippen molar-refractivity contribution in [2.45, 2.75) is 5.41 Å². The van der Waals surface area contributed by atoms with Crippen LogP contribution in [0.25, 0.3) is 44.1 Å². The molecule has 0 bridgehead atoms. The molecule has 0 saturated carbocycles. The molecular weight excluding hydrogens is 715 g/mol. The smallest absolute Gasteiger partial charge is 0.0727 e. The number of aryl methyl sites for hydroxylation is 1. The van der Waals surface area contributed by atoms with E-state index in [1.165, 1.54) is 66.3 Å². The summed E-state index contributed by atoms with van der Waals surface area (Å²) in [5.41, 5.74) is 19.0. The van der Waals surface area contributed by atoms with Gasteiger partial charge in [0.15, 0.2) is 0 Å². The van der Waals surface area contributed by atoms with E-state index in [0.29, 0.717) is 0 Å². The fraction of sp³-hybridized carbons (Fsp3) is 0.0357. The number of hydrogen-bond acceptors (Lipinski definition) is 2. The van der Waals surface area contributed by atoms with Crippen LogP contribution in [0.3, 0.4) is 0 Å². The van der Waals surface area contributed by atoms with Crippen molar-refractivity contribution in [1.29, 1.82) is 0 Å². The summed E-state index contributed by atoms with van der Waals surface area (Å²) in [6.07, 6.45) is 0. The molecule has 1 heterocycles. The summed E-state index contributed by atoms with van der Waals surface area (Å²) in [5.74, 6) is 0. The van der Waals surface area contributed by atoms with Gasteiger partial charge in [0.2, 0.25) is 0 Å². The van der Waals surface area contributed by atoms with Gasteiger partial charge in [0.05, 0.1) is 16.6 Å². The Morgan fingerprint density at radius 1 is 0.339 bits per heavy atom. The van der Waals surface area contributed by atoms with Crippen LogP contribution in [0, 0.1) is 0 Å². The van der Waals surface area contributed by atoms with Crippen molar-refractivity contribution in [3.63, 3.8) is 0 Å². The summed E-state index contributed by atoms with van der Waals surface area (Å²) in [6.45, 7) is 0. The van der Waals surface area contributed by atoms with E-state index in [4.69, 9.17) is 0 Å². The zero-order valence-electron chi connectivity index (χ0n) is 32.6. The van der Waals surface area contributed by atoms with Crippen molar-refractivity contribution in [2.24, 2.45) is 7.05 Å². The summed E-state index contributed by atoms with van der Waals surface area (Å²) in [6, 6.07) is 80.4. The highest BCUT2D eigenvalue weighted by Gasteiger charge is 2.52. The molecule has 10 aromatic rings. The maximum atomic E-state index is 2.50. The molecule has 9 aromatic carbocycles. The van der Waals surface area contributed by atoms with Crippen LogP contribution in [0.15, 0.2) is 218 Å². The molecule has 3 nitrogen and oxygen atoms in total. The van der Waals surface area contributed by atoms with E-state index < -0.39 is 5.41 Å². The summed E-state index contributed by atoms with van der Waals surface area (Å²) < 4.78 is 2.32. The van der Waals surface area contributed by atoms with Crippen LogP contribution in [0.1, 0.15) is 22.3 Å². The fourth-order valence-electron chi connectivity index (χ4n) is 10.4. The van der Waals surface area contributed by atoms with Gasteiger partial charge in [0, 0.05) is 51.8 Å². The van der Waals surface area contributed by atoms with E-state index in [0.717, 1.165) is 34.1 Å². The van der Waals surface area contributed by atoms with E-state index in [2.05, 4.69) is 240 Å². The first-order chi connectivity index (χ1) is 29.2. The first-order valence-corrected chi connectivity index (χ1v) is 20.4. The van der Waals surface area contributed by atoms with Crippen molar-refractivity contribution in [1.82, 2.24) is 4.57 Å². The van der Waals surface area contributed by atoms with Gasteiger partial charge in [-0.2, -0.15) is 0 Å². The molecule has 0 radical (unpaired) electrons. The summed E-state index contributed by atoms with van der Waals surface area (Å²) in [7, 11) is 2.18. The van der Waals surface area contributed by atoms with E-state index >= 15 is 0 Å². The number of aromatic nitrogens is 1. The Hall–Kier alpha value is -7.62. The second-order valence-electron chi connectivity index (χ2n) is 15.7. The van der Waals surface area contributed by atoms with Gasteiger partial charge in [-0.15, -0.1) is 0 Å². The average molecular weight is 754 g/mol. The highest BCUT2D eigenvalue weighted by molar-refractivity contribution is 6.15. The number of rotatable bonds is 6. The Labute approximate surface area is 344 Å². The van der Waals surface area contributed by atoms with Crippen LogP contribution in [-0.2, 0) is 12.5 Å². The maximum Gasteiger partial charge on any atom is 0.0727 e. The van der Waals surface area contributed by atoms with Crippen LogP contribution in [-0.4, -0.2) is 4.57 Å². The highest BCUT2D eigenvalue weighted by atomic mass is 15.2. The third-order valence-electron chi connectivity index (χ3n) is 12.8. The molecule has 278 valence electrons. The van der Waals surface area contributed by atoms with Gasteiger partial charge in [-0.05, 0) is 123 Å². The minimum Gasteiger partial charge on any atom is -0.344 e. The van der Waals surface area contributed by atoms with Crippen LogP contribution in [0.5, 0.6) is 0 Å². The minimum atomic E-state index is -0.545. The number of para-hydroxylation sites is 4. The molecule has 12 rings (SSSR count). The average Bonchev–Trinajstić information content (AvgIpc) is 3.89. The van der Waals surface area contributed by atoms with E-state index in [1.54, 1.807) is 0 Å². The second kappa shape index (κ2) is 13.0. The Balaban J connectivity index is 1.14. The van der Waals surface area contributed by atoms with Crippen LogP contribution < -0.4 is 9.80 Å². The number of anilines is 6. The largest absolute Gasteiger partial charge is 0.344 e. The predicted octanol–water partition coefficient (Wildman–Crippen LogP) is 14.6. The van der Waals surface area contributed by atoms with Crippen molar-refractivity contribution in [3.8, 4) is 22.3 Å². The molecule has 0 aliphatic heterocycles. The van der Waals surface area contributed by atoms with Gasteiger partial charge in [-0.25, -0.2) is 0 Å². The Kier molecular flexibility index (Phi) is 7.36. The van der Waals surface area contributed by atoms with Gasteiger partial charge in [0.25, 0.3) is 0 Å². The molecule has 0 saturated heterocycles. The van der Waals surface area contributed by atoms with Crippen LogP contribution in [0.4, 0.5) is 34.1 Å². The normalized spacial score (nSPS) is 14.6. The van der Waals surface area contributed by atoms with Gasteiger partial charge in [-0.3, -0.25) is 0 Å². The second-order valence-corrected chi connectivity index (χ2v) is 15.7. The van der Waals surface area contributed by atoms with Gasteiger partial charge < -0.3 is 14.4 Å². The summed E-state index contributed by atoms with van der Waals surface area (Å²) in [5, 5.41) is 2.50. The SMILES string of the molecule is Cn1c2ccccc2c2c(N(c3ccccc3)c3ccc4c(c3)C3(c5ccccc5-c5ccc(N(c6ccccc6)c6ccccc6)cc53)c3ccccc3-4)cccc21. The standard InChI is InChI=1S/C56H39N3/c1-57-52-29-16-13-26-47(52)55-53(57)30-17-31-54(55)59(40-22-9-4-10-23-40)42-33-35-46-44-25-12-15-28-49(44)56(51(46)37-42)48-27-14-11-24-43(48)45-34-32-41(36-50(45)56)58(38-18-5-2-6-19-38)39-20-7-3-8-21-39/h2-37H,1H3. The van der Waals surface area contributed by atoms with Crippen molar-refractivity contribution >= 4 is 55.9 Å². The van der Waals surface area contributed by atoms with Crippen molar-refractivity contribution in [2.75, 3.05) is 9.80 Å². The minimum absolute atomic E-state index is 0.545. The molecule has 0 amide bonds. The summed E-state index contributed by atoms with van der Waals surface area (Å²) in [4.78, 5) is 4.85. The first kappa shape index (κ1) is 33.5. The molecule has 2 aliphatic rings. The monoisotopic (exact) mass is 753 g/mol. The molecule has 59 heavy (non-hydrogen) atoms. The number of benzene rings is 9. The third kappa shape index (κ3) is 4.76. The number of hydrogen-bond donors (Lipinski definition) is 0. The Morgan fingerprint density at radius 3 is 1.36 bits per heavy atom. The fourth-order valence-corrected chi connectivity index (χ4v) is 10.4. The van der Waals surface area contributed by atoms with Gasteiger partial charge in [-0.1, -0.05) is 140 Å². The zero-order valence-corrected chi connectivity index (χ0v) is 32.6. The van der Waals surface area contributed by atoms with E-state index in [9.17, 15) is 0 Å². The zero-order chi connectivity index (χ0) is 39.1. The van der Waals surface area contributed by atoms with Crippen molar-refractivity contribution < 1.29 is 0 Å². The third-order valence-corrected chi connectivity index (χ3v) is 12.8. The highest BCUT2D eigenvalue weighted by Crippen LogP contribution is 2.64. The maximum absolute atomic E-state index is 2.50. The molecule has 3 heteroatoms. The molecule has 2 aliphatic carbocycles. The topological polar surface area (TPSA) is 11.4 Å². The molecule has 1 aromatic heterocycles. The number of nitrogens with zero attached hydrogens (tertiary/aromatic N) is 3. The van der Waals surface area contributed by atoms with Crippen LogP contribution in [0.2, 0.25) is 0 Å². The Bertz CT molecular complexity index is 3190. The first-order valence-electron chi connectivity index (χ1n) is 20.4. The molecule has 0 N–H and O–H groups in total. The Morgan fingerprint density at radius 2 is 0.780 bits per heavy atom. The number of fused-ring (bicyclic) bond motifs is 13. The molecule has 0 fully saturated rings. The lowest BCUT2D eigenvalue weighted by atomic mass is 9.70. The quantitative estimate of drug-likeness (QED) is 0.168. The molecule has 1 spiro atoms. The van der Waals surface area contributed by atoms with Gasteiger partial charge >= 0.3 is 0 Å². The molecular formula is C56H39N3. The van der Waals surface area contributed by atoms with Crippen LogP contribution >= 0.6 is 0 Å². The van der Waals surface area contributed by atoms with Gasteiger partial charge in [0.1, 0.15) is 0 Å².